The summed E-state index contributed by atoms with van der Waals surface area (Å²) in [5, 5.41) is 20.2. The molecule has 29 heavy (non-hydrogen) atoms. The van der Waals surface area contributed by atoms with Gasteiger partial charge in [-0.05, 0) is 42.8 Å². The number of phenolic OH excluding ortho intramolecular Hbond substituents is 1. The monoisotopic (exact) mass is 424 g/mol. The molecule has 9 heteroatoms. The van der Waals surface area contributed by atoms with Gasteiger partial charge in [0.05, 0.1) is 17.9 Å². The summed E-state index contributed by atoms with van der Waals surface area (Å²) in [5.74, 6) is 1.31. The molecule has 1 unspecified atom stereocenters. The van der Waals surface area contributed by atoms with Crippen LogP contribution in [0.3, 0.4) is 0 Å². The number of carbonyl (C=O) groups excluding carboxylic acids is 1. The van der Waals surface area contributed by atoms with Crippen LogP contribution in [0.4, 0.5) is 5.13 Å². The molecule has 3 aliphatic rings. The number of hydrogen-bond acceptors (Lipinski definition) is 8. The van der Waals surface area contributed by atoms with Crippen molar-refractivity contribution in [1.29, 1.82) is 0 Å². The molecule has 0 bridgehead atoms. The number of benzene rings is 2. The van der Waals surface area contributed by atoms with E-state index < -0.39 is 0 Å². The zero-order valence-electron chi connectivity index (χ0n) is 15.4. The third-order valence-electron chi connectivity index (χ3n) is 4.63. The van der Waals surface area contributed by atoms with Crippen molar-refractivity contribution in [2.75, 3.05) is 17.3 Å². The van der Waals surface area contributed by atoms with Crippen molar-refractivity contribution in [3.05, 3.63) is 48.0 Å². The predicted molar refractivity (Wildman–Crippen MR) is 114 cm³/mol. The van der Waals surface area contributed by atoms with E-state index in [0.717, 1.165) is 27.2 Å². The number of nitrogens with zero attached hydrogens (tertiary/aromatic N) is 4. The number of aromatic nitrogens is 3. The lowest BCUT2D eigenvalue weighted by atomic mass is 10.2. The van der Waals surface area contributed by atoms with Crippen molar-refractivity contribution in [2.45, 2.75) is 12.3 Å². The topological polar surface area (TPSA) is 88.4 Å². The molecule has 0 radical (unpaired) electrons. The van der Waals surface area contributed by atoms with Crippen LogP contribution in [0.15, 0.2) is 42.5 Å². The molecule has 1 atom stereocenters. The minimum Gasteiger partial charge on any atom is -0.508 e. The second-order valence-electron chi connectivity index (χ2n) is 6.48. The fourth-order valence-corrected chi connectivity index (χ4v) is 5.49. The third kappa shape index (κ3) is 3.16. The smallest absolute Gasteiger partial charge is 0.240 e. The zero-order valence-corrected chi connectivity index (χ0v) is 17.0. The highest BCUT2D eigenvalue weighted by Gasteiger charge is 2.36. The molecule has 2 aromatic rings. The van der Waals surface area contributed by atoms with E-state index in [4.69, 9.17) is 4.74 Å². The second-order valence-corrected chi connectivity index (χ2v) is 8.51. The van der Waals surface area contributed by atoms with Gasteiger partial charge in [-0.25, -0.2) is 4.98 Å². The normalized spacial score (nSPS) is 16.8. The van der Waals surface area contributed by atoms with Gasteiger partial charge in [0.15, 0.2) is 0 Å². The first kappa shape index (κ1) is 18.1. The van der Waals surface area contributed by atoms with Gasteiger partial charge in [-0.2, -0.15) is 0 Å². The van der Waals surface area contributed by atoms with E-state index in [9.17, 15) is 9.90 Å². The summed E-state index contributed by atoms with van der Waals surface area (Å²) in [6, 6.07) is 12.6. The first-order valence-corrected chi connectivity index (χ1v) is 10.9. The van der Waals surface area contributed by atoms with Crippen LogP contribution in [0.1, 0.15) is 17.9 Å². The number of rotatable bonds is 4. The number of hydrogen-bond donors (Lipinski definition) is 1. The predicted octanol–water partition coefficient (Wildman–Crippen LogP) is 4.07. The lowest BCUT2D eigenvalue weighted by Gasteiger charge is -2.22. The van der Waals surface area contributed by atoms with Gasteiger partial charge < -0.3 is 9.84 Å². The van der Waals surface area contributed by atoms with E-state index in [0.29, 0.717) is 23.2 Å². The van der Waals surface area contributed by atoms with Gasteiger partial charge in [0.1, 0.15) is 27.6 Å². The number of ether oxygens (including phenoxy) is 1. The summed E-state index contributed by atoms with van der Waals surface area (Å²) < 4.78 is 5.58. The molecule has 0 saturated carbocycles. The first-order valence-electron chi connectivity index (χ1n) is 9.06. The van der Waals surface area contributed by atoms with Crippen LogP contribution in [0.2, 0.25) is 0 Å². The van der Waals surface area contributed by atoms with Gasteiger partial charge in [-0.15, -0.1) is 22.0 Å². The lowest BCUT2D eigenvalue weighted by molar-refractivity contribution is -0.115. The molecule has 1 N–H and O–H groups in total. The number of thioether (sulfide) groups is 1. The summed E-state index contributed by atoms with van der Waals surface area (Å²) in [6.07, 6.45) is 0. The Morgan fingerprint density at radius 3 is 2.83 bits per heavy atom. The summed E-state index contributed by atoms with van der Waals surface area (Å²) in [7, 11) is 0. The van der Waals surface area contributed by atoms with Crippen LogP contribution in [0.5, 0.6) is 11.5 Å². The molecule has 2 aromatic carbocycles. The van der Waals surface area contributed by atoms with Gasteiger partial charge in [-0.1, -0.05) is 23.5 Å². The zero-order chi connectivity index (χ0) is 20.0. The molecular formula is C20H16N4O3S2. The quantitative estimate of drug-likeness (QED) is 0.528. The van der Waals surface area contributed by atoms with Crippen molar-refractivity contribution >= 4 is 45.0 Å². The number of aromatic hydroxyl groups is 1. The largest absolute Gasteiger partial charge is 0.508 e. The Hall–Kier alpha value is -2.91. The summed E-state index contributed by atoms with van der Waals surface area (Å²) in [6.45, 7) is 2.53. The van der Waals surface area contributed by atoms with Gasteiger partial charge in [-0.3, -0.25) is 9.69 Å². The van der Waals surface area contributed by atoms with E-state index in [1.165, 1.54) is 23.1 Å². The van der Waals surface area contributed by atoms with Crippen molar-refractivity contribution in [3.8, 4) is 22.2 Å². The molecule has 3 heterocycles. The number of fused-ring (bicyclic) bond motifs is 3. The molecule has 1 amide bonds. The van der Waals surface area contributed by atoms with Gasteiger partial charge in [0.25, 0.3) is 0 Å². The molecule has 0 spiro atoms. The minimum atomic E-state index is -0.208. The summed E-state index contributed by atoms with van der Waals surface area (Å²) in [4.78, 5) is 18.9. The SMILES string of the molecule is CCOc1ccc2nc3sc(N4C(=O)CSC4c4ccc(O)cc4)nnc-3c2c1. The van der Waals surface area contributed by atoms with Crippen LogP contribution >= 0.6 is 23.1 Å². The molecule has 7 nitrogen and oxygen atoms in total. The van der Waals surface area contributed by atoms with Crippen molar-refractivity contribution in [1.82, 2.24) is 15.2 Å². The fourth-order valence-electron chi connectivity index (χ4n) is 3.32. The van der Waals surface area contributed by atoms with Gasteiger partial charge in [0.2, 0.25) is 11.0 Å². The highest BCUT2D eigenvalue weighted by Crippen LogP contribution is 2.44. The first-order chi connectivity index (χ1) is 14.1. The molecular weight excluding hydrogens is 408 g/mol. The Morgan fingerprint density at radius 2 is 2.03 bits per heavy atom. The van der Waals surface area contributed by atoms with Crippen LogP contribution in [-0.4, -0.2) is 38.6 Å². The number of carbonyl (C=O) groups is 1. The molecule has 146 valence electrons. The second kappa shape index (κ2) is 7.16. The summed E-state index contributed by atoms with van der Waals surface area (Å²) >= 11 is 2.88. The van der Waals surface area contributed by atoms with Crippen molar-refractivity contribution < 1.29 is 14.6 Å². The van der Waals surface area contributed by atoms with E-state index in [1.54, 1.807) is 17.0 Å². The van der Waals surface area contributed by atoms with Gasteiger partial charge in [0, 0.05) is 5.39 Å². The van der Waals surface area contributed by atoms with Gasteiger partial charge >= 0.3 is 0 Å². The average molecular weight is 425 g/mol. The van der Waals surface area contributed by atoms with Crippen LogP contribution in [-0.2, 0) is 4.79 Å². The maximum Gasteiger partial charge on any atom is 0.240 e. The Bertz CT molecular complexity index is 1180. The van der Waals surface area contributed by atoms with Crippen molar-refractivity contribution in [2.24, 2.45) is 0 Å². The van der Waals surface area contributed by atoms with E-state index >= 15 is 0 Å². The molecule has 3 aliphatic heterocycles. The Labute approximate surface area is 174 Å². The number of phenols is 1. The maximum atomic E-state index is 12.6. The van der Waals surface area contributed by atoms with E-state index in [1.807, 2.05) is 37.3 Å². The Kier molecular flexibility index (Phi) is 4.48. The van der Waals surface area contributed by atoms with Crippen LogP contribution < -0.4 is 9.64 Å². The average Bonchev–Trinajstić information content (AvgIpc) is 3.28. The van der Waals surface area contributed by atoms with Crippen LogP contribution in [0, 0.1) is 0 Å². The molecule has 1 fully saturated rings. The molecule has 5 rings (SSSR count). The van der Waals surface area contributed by atoms with Crippen molar-refractivity contribution in [3.63, 3.8) is 0 Å². The molecule has 0 aliphatic carbocycles. The summed E-state index contributed by atoms with van der Waals surface area (Å²) in [5.41, 5.74) is 2.45. The standard InChI is InChI=1S/C20H16N4O3S2/c1-2-27-13-7-8-15-14(9-13)17-18(21-15)29-20(23-22-17)24-16(26)10-28-19(24)11-3-5-12(25)6-4-11/h3-9,19,25H,2,10H2,1H3. The minimum absolute atomic E-state index is 0.0206. The fraction of sp³-hybridized carbons (Fsp3) is 0.200. The van der Waals surface area contributed by atoms with Crippen LogP contribution in [0.25, 0.3) is 21.6 Å². The third-order valence-corrected chi connectivity index (χ3v) is 6.79. The number of anilines is 1. The highest BCUT2D eigenvalue weighted by atomic mass is 32.2. The molecule has 0 aromatic heterocycles. The maximum absolute atomic E-state index is 12.6. The van der Waals surface area contributed by atoms with E-state index in [-0.39, 0.29) is 17.0 Å². The number of amides is 1. The lowest BCUT2D eigenvalue weighted by Crippen LogP contribution is -2.28. The van der Waals surface area contributed by atoms with E-state index in [2.05, 4.69) is 15.2 Å². The Balaban J connectivity index is 1.56. The molecule has 1 saturated heterocycles. The highest BCUT2D eigenvalue weighted by molar-refractivity contribution is 8.00. The Morgan fingerprint density at radius 1 is 1.21 bits per heavy atom.